The molecule has 2 aromatic rings. The van der Waals surface area contributed by atoms with Crippen LogP contribution in [0.2, 0.25) is 0 Å². The van der Waals surface area contributed by atoms with Gasteiger partial charge in [-0.2, -0.15) is 4.31 Å². The Morgan fingerprint density at radius 3 is 2.63 bits per heavy atom. The molecule has 0 spiro atoms. The maximum atomic E-state index is 13.0. The van der Waals surface area contributed by atoms with Crippen molar-refractivity contribution in [1.29, 1.82) is 0 Å². The van der Waals surface area contributed by atoms with E-state index < -0.39 is 21.9 Å². The molecule has 1 atom stereocenters. The number of esters is 1. The third-order valence-electron chi connectivity index (χ3n) is 4.98. The monoisotopic (exact) mass is 451 g/mol. The number of nitrogens with one attached hydrogen (secondary N) is 1. The van der Waals surface area contributed by atoms with Crippen LogP contribution in [0.5, 0.6) is 0 Å². The molecule has 8 nitrogen and oxygen atoms in total. The number of thiazole rings is 1. The number of rotatable bonds is 7. The molecule has 1 N–H and O–H groups in total. The lowest BCUT2D eigenvalue weighted by Gasteiger charge is -2.34. The summed E-state index contributed by atoms with van der Waals surface area (Å²) in [5.41, 5.74) is 0.429. The number of benzene rings is 1. The molecule has 1 aromatic carbocycles. The summed E-state index contributed by atoms with van der Waals surface area (Å²) in [6, 6.07) is 5.89. The largest absolute Gasteiger partial charge is 0.461 e. The smallest absolute Gasteiger partial charge is 0.357 e. The molecule has 162 valence electrons. The van der Waals surface area contributed by atoms with Gasteiger partial charge >= 0.3 is 5.97 Å². The highest BCUT2D eigenvalue weighted by atomic mass is 32.2. The highest BCUT2D eigenvalue weighted by Gasteiger charge is 2.32. The quantitative estimate of drug-likeness (QED) is 0.646. The van der Waals surface area contributed by atoms with Gasteiger partial charge in [0.1, 0.15) is 0 Å². The second-order valence-electron chi connectivity index (χ2n) is 6.91. The first-order chi connectivity index (χ1) is 14.4. The number of piperidine rings is 1. The van der Waals surface area contributed by atoms with E-state index in [1.54, 1.807) is 11.2 Å². The van der Waals surface area contributed by atoms with E-state index in [0.717, 1.165) is 37.0 Å². The van der Waals surface area contributed by atoms with Gasteiger partial charge in [-0.25, -0.2) is 18.2 Å². The Hall–Kier alpha value is -2.30. The maximum absolute atomic E-state index is 13.0. The van der Waals surface area contributed by atoms with Crippen molar-refractivity contribution in [1.82, 2.24) is 9.29 Å². The number of sulfonamides is 1. The van der Waals surface area contributed by atoms with E-state index in [0.29, 0.717) is 12.1 Å². The van der Waals surface area contributed by atoms with E-state index in [2.05, 4.69) is 10.3 Å². The fourth-order valence-electron chi connectivity index (χ4n) is 3.41. The summed E-state index contributed by atoms with van der Waals surface area (Å²) in [7, 11) is -3.60. The Bertz CT molecular complexity index is 1000. The Labute approximate surface area is 180 Å². The lowest BCUT2D eigenvalue weighted by Crippen LogP contribution is -2.43. The fourth-order valence-corrected chi connectivity index (χ4v) is 5.85. The summed E-state index contributed by atoms with van der Waals surface area (Å²) < 4.78 is 32.5. The molecule has 0 radical (unpaired) electrons. The number of ether oxygens (including phenoxy) is 1. The van der Waals surface area contributed by atoms with Crippen molar-refractivity contribution < 1.29 is 22.7 Å². The molecule has 0 saturated carbocycles. The first kappa shape index (κ1) is 22.4. The highest BCUT2D eigenvalue weighted by Crippen LogP contribution is 2.27. The molecule has 1 aromatic heterocycles. The topological polar surface area (TPSA) is 106 Å². The van der Waals surface area contributed by atoms with Gasteiger partial charge < -0.3 is 4.74 Å². The SMILES string of the molecule is CCOC(=O)c1csc(NC(=O)c2ccc(S(=O)(=O)N3CCCCC3CC)cc2)n1. The number of aromatic nitrogens is 1. The van der Waals surface area contributed by atoms with Crippen molar-refractivity contribution >= 4 is 38.4 Å². The maximum Gasteiger partial charge on any atom is 0.357 e. The molecule has 1 amide bonds. The van der Waals surface area contributed by atoms with Gasteiger partial charge in [0.15, 0.2) is 10.8 Å². The fraction of sp³-hybridized carbons (Fsp3) is 0.450. The summed E-state index contributed by atoms with van der Waals surface area (Å²) in [6.07, 6.45) is 3.55. The van der Waals surface area contributed by atoms with Crippen LogP contribution in [-0.2, 0) is 14.8 Å². The molecule has 2 heterocycles. The van der Waals surface area contributed by atoms with Crippen LogP contribution in [0.15, 0.2) is 34.5 Å². The summed E-state index contributed by atoms with van der Waals surface area (Å²) in [4.78, 5) is 28.3. The number of anilines is 1. The second kappa shape index (κ2) is 9.67. The van der Waals surface area contributed by atoms with Gasteiger partial charge in [0.25, 0.3) is 5.91 Å². The molecule has 30 heavy (non-hydrogen) atoms. The Morgan fingerprint density at radius 1 is 1.23 bits per heavy atom. The lowest BCUT2D eigenvalue weighted by atomic mass is 10.0. The second-order valence-corrected chi connectivity index (χ2v) is 9.66. The molecule has 1 aliphatic heterocycles. The Balaban J connectivity index is 1.70. The minimum atomic E-state index is -3.60. The van der Waals surface area contributed by atoms with E-state index in [9.17, 15) is 18.0 Å². The molecule has 3 rings (SSSR count). The van der Waals surface area contributed by atoms with E-state index in [1.165, 1.54) is 29.6 Å². The average molecular weight is 452 g/mol. The minimum Gasteiger partial charge on any atom is -0.461 e. The lowest BCUT2D eigenvalue weighted by molar-refractivity contribution is 0.0520. The van der Waals surface area contributed by atoms with Crippen molar-refractivity contribution in [3.05, 3.63) is 40.9 Å². The van der Waals surface area contributed by atoms with Crippen molar-refractivity contribution in [3.8, 4) is 0 Å². The molecular weight excluding hydrogens is 426 g/mol. The van der Waals surface area contributed by atoms with E-state index >= 15 is 0 Å². The molecular formula is C20H25N3O5S2. The van der Waals surface area contributed by atoms with Crippen LogP contribution in [0, 0.1) is 0 Å². The third kappa shape index (κ3) is 4.88. The molecule has 1 saturated heterocycles. The van der Waals surface area contributed by atoms with Crippen LogP contribution in [-0.4, -0.2) is 48.8 Å². The van der Waals surface area contributed by atoms with E-state index in [1.807, 2.05) is 6.92 Å². The minimum absolute atomic E-state index is 0.0187. The van der Waals surface area contributed by atoms with Crippen molar-refractivity contribution in [2.45, 2.75) is 50.5 Å². The van der Waals surface area contributed by atoms with Crippen LogP contribution in [0.3, 0.4) is 0 Å². The number of carbonyl (C=O) groups excluding carboxylic acids is 2. The predicted molar refractivity (Wildman–Crippen MR) is 114 cm³/mol. The van der Waals surface area contributed by atoms with Crippen LogP contribution in [0.1, 0.15) is 60.4 Å². The molecule has 10 heteroatoms. The van der Waals surface area contributed by atoms with Gasteiger partial charge in [-0.1, -0.05) is 13.3 Å². The number of amides is 1. The normalized spacial score (nSPS) is 17.5. The van der Waals surface area contributed by atoms with Crippen molar-refractivity contribution in [2.24, 2.45) is 0 Å². The van der Waals surface area contributed by atoms with Gasteiger partial charge in [0.05, 0.1) is 11.5 Å². The van der Waals surface area contributed by atoms with Gasteiger partial charge in [0.2, 0.25) is 10.0 Å². The first-order valence-corrected chi connectivity index (χ1v) is 12.2. The molecule has 0 bridgehead atoms. The Kier molecular flexibility index (Phi) is 7.22. The van der Waals surface area contributed by atoms with Gasteiger partial charge in [-0.15, -0.1) is 11.3 Å². The van der Waals surface area contributed by atoms with Gasteiger partial charge in [0, 0.05) is 23.5 Å². The summed E-state index contributed by atoms with van der Waals surface area (Å²) in [6.45, 7) is 4.46. The zero-order valence-electron chi connectivity index (χ0n) is 17.0. The summed E-state index contributed by atoms with van der Waals surface area (Å²) in [5.74, 6) is -0.986. The molecule has 1 unspecified atom stereocenters. The zero-order chi connectivity index (χ0) is 21.7. The molecule has 1 aliphatic rings. The van der Waals surface area contributed by atoms with Crippen LogP contribution in [0.4, 0.5) is 5.13 Å². The Morgan fingerprint density at radius 2 is 1.97 bits per heavy atom. The number of hydrogen-bond donors (Lipinski definition) is 1. The third-order valence-corrected chi connectivity index (χ3v) is 7.70. The van der Waals surface area contributed by atoms with E-state index in [-0.39, 0.29) is 28.4 Å². The highest BCUT2D eigenvalue weighted by molar-refractivity contribution is 7.89. The molecule has 1 fully saturated rings. The summed E-state index contributed by atoms with van der Waals surface area (Å²) >= 11 is 1.11. The first-order valence-electron chi connectivity index (χ1n) is 9.92. The van der Waals surface area contributed by atoms with Crippen LogP contribution in [0.25, 0.3) is 0 Å². The van der Waals surface area contributed by atoms with Gasteiger partial charge in [-0.05, 0) is 50.5 Å². The number of hydrogen-bond acceptors (Lipinski definition) is 7. The average Bonchev–Trinajstić information content (AvgIpc) is 3.22. The predicted octanol–water partition coefficient (Wildman–Crippen LogP) is 3.53. The number of nitrogens with zero attached hydrogens (tertiary/aromatic N) is 2. The van der Waals surface area contributed by atoms with Gasteiger partial charge in [-0.3, -0.25) is 10.1 Å². The molecule has 0 aliphatic carbocycles. The van der Waals surface area contributed by atoms with Crippen molar-refractivity contribution in [2.75, 3.05) is 18.5 Å². The van der Waals surface area contributed by atoms with Crippen LogP contribution >= 0.6 is 11.3 Å². The standard InChI is InChI=1S/C20H25N3O5S2/c1-3-15-7-5-6-12-23(15)30(26,27)16-10-8-14(9-11-16)18(24)22-20-21-17(13-29-20)19(25)28-4-2/h8-11,13,15H,3-7,12H2,1-2H3,(H,21,22,24). The van der Waals surface area contributed by atoms with Crippen LogP contribution < -0.4 is 5.32 Å². The number of carbonyl (C=O) groups is 2. The van der Waals surface area contributed by atoms with Crippen molar-refractivity contribution in [3.63, 3.8) is 0 Å². The zero-order valence-corrected chi connectivity index (χ0v) is 18.6. The van der Waals surface area contributed by atoms with E-state index in [4.69, 9.17) is 4.74 Å². The summed E-state index contributed by atoms with van der Waals surface area (Å²) in [5, 5.41) is 4.38.